The van der Waals surface area contributed by atoms with Crippen molar-refractivity contribution in [2.24, 2.45) is 0 Å². The molecule has 7 heteroatoms. The van der Waals surface area contributed by atoms with Crippen molar-refractivity contribution in [3.05, 3.63) is 86.1 Å². The van der Waals surface area contributed by atoms with Crippen LogP contribution in [0.5, 0.6) is 0 Å². The highest BCUT2D eigenvalue weighted by Crippen LogP contribution is 2.31. The lowest BCUT2D eigenvalue weighted by Crippen LogP contribution is -2.32. The SMILES string of the molecule is Cc1c(Cl)cccc1C(=O)NCc1cnc(C2CCN(Cc3ccc(F)cc3)CC2)s1. The average molecular weight is 458 g/mol. The molecule has 4 nitrogen and oxygen atoms in total. The van der Waals surface area contributed by atoms with Crippen LogP contribution in [0.1, 0.15) is 50.1 Å². The number of carbonyl (C=O) groups excluding carboxylic acids is 1. The van der Waals surface area contributed by atoms with E-state index in [-0.39, 0.29) is 11.7 Å². The minimum absolute atomic E-state index is 0.121. The zero-order chi connectivity index (χ0) is 21.8. The molecule has 1 fully saturated rings. The lowest BCUT2D eigenvalue weighted by atomic mass is 9.97. The molecule has 31 heavy (non-hydrogen) atoms. The molecule has 0 aliphatic carbocycles. The van der Waals surface area contributed by atoms with Gasteiger partial charge in [0.05, 0.1) is 11.6 Å². The van der Waals surface area contributed by atoms with Crippen LogP contribution in [0, 0.1) is 12.7 Å². The summed E-state index contributed by atoms with van der Waals surface area (Å²) in [7, 11) is 0. The molecule has 2 heterocycles. The molecular weight excluding hydrogens is 433 g/mol. The minimum atomic E-state index is -0.194. The molecule has 1 amide bonds. The Kier molecular flexibility index (Phi) is 7.00. The maximum atomic E-state index is 13.1. The summed E-state index contributed by atoms with van der Waals surface area (Å²) in [6.07, 6.45) is 3.99. The molecule has 162 valence electrons. The number of nitrogens with zero attached hydrogens (tertiary/aromatic N) is 2. The van der Waals surface area contributed by atoms with Crippen LogP contribution >= 0.6 is 22.9 Å². The maximum absolute atomic E-state index is 13.1. The number of hydrogen-bond donors (Lipinski definition) is 1. The number of likely N-dealkylation sites (tertiary alicyclic amines) is 1. The van der Waals surface area contributed by atoms with Crippen molar-refractivity contribution in [3.63, 3.8) is 0 Å². The van der Waals surface area contributed by atoms with Crippen LogP contribution in [0.25, 0.3) is 0 Å². The van der Waals surface area contributed by atoms with Gasteiger partial charge >= 0.3 is 0 Å². The Morgan fingerprint density at radius 1 is 1.23 bits per heavy atom. The zero-order valence-corrected chi connectivity index (χ0v) is 19.0. The van der Waals surface area contributed by atoms with Gasteiger partial charge in [-0.2, -0.15) is 0 Å². The maximum Gasteiger partial charge on any atom is 0.251 e. The van der Waals surface area contributed by atoms with Gasteiger partial charge in [-0.25, -0.2) is 9.37 Å². The standard InChI is InChI=1S/C24H25ClFN3OS/c1-16-21(3-2-4-22(16)25)23(30)27-13-20-14-28-24(31-20)18-9-11-29(12-10-18)15-17-5-7-19(26)8-6-17/h2-8,14,18H,9-13,15H2,1H3,(H,27,30). The van der Waals surface area contributed by atoms with E-state index in [1.54, 1.807) is 29.5 Å². The van der Waals surface area contributed by atoms with E-state index in [0.717, 1.165) is 53.5 Å². The monoisotopic (exact) mass is 457 g/mol. The summed E-state index contributed by atoms with van der Waals surface area (Å²) in [5, 5.41) is 4.71. The van der Waals surface area contributed by atoms with Crippen molar-refractivity contribution in [2.75, 3.05) is 13.1 Å². The van der Waals surface area contributed by atoms with E-state index >= 15 is 0 Å². The summed E-state index contributed by atoms with van der Waals surface area (Å²) in [6, 6.07) is 12.1. The van der Waals surface area contributed by atoms with Crippen molar-refractivity contribution in [1.29, 1.82) is 0 Å². The van der Waals surface area contributed by atoms with Crippen LogP contribution in [0.4, 0.5) is 4.39 Å². The number of carbonyl (C=O) groups is 1. The Balaban J connectivity index is 1.28. The first-order valence-electron chi connectivity index (χ1n) is 10.4. The smallest absolute Gasteiger partial charge is 0.251 e. The number of hydrogen-bond acceptors (Lipinski definition) is 4. The molecule has 2 aromatic carbocycles. The van der Waals surface area contributed by atoms with Crippen molar-refractivity contribution in [3.8, 4) is 0 Å². The number of nitrogens with one attached hydrogen (secondary N) is 1. The van der Waals surface area contributed by atoms with E-state index in [1.807, 2.05) is 25.3 Å². The number of thiazole rings is 1. The quantitative estimate of drug-likeness (QED) is 0.527. The van der Waals surface area contributed by atoms with Crippen LogP contribution in [0.2, 0.25) is 5.02 Å². The largest absolute Gasteiger partial charge is 0.347 e. The Hall–Kier alpha value is -2.28. The third-order valence-corrected chi connectivity index (χ3v) is 7.33. The van der Waals surface area contributed by atoms with Gasteiger partial charge < -0.3 is 5.32 Å². The van der Waals surface area contributed by atoms with Gasteiger partial charge in [0.1, 0.15) is 5.82 Å². The fourth-order valence-corrected chi connectivity index (χ4v) is 5.10. The third kappa shape index (κ3) is 5.50. The molecule has 0 bridgehead atoms. The number of halogens is 2. The van der Waals surface area contributed by atoms with Gasteiger partial charge in [-0.05, 0) is 68.2 Å². The van der Waals surface area contributed by atoms with Crippen molar-refractivity contribution in [1.82, 2.24) is 15.2 Å². The number of piperidine rings is 1. The molecule has 4 rings (SSSR count). The highest BCUT2D eigenvalue weighted by molar-refractivity contribution is 7.11. The second-order valence-electron chi connectivity index (χ2n) is 7.94. The molecule has 0 atom stereocenters. The van der Waals surface area contributed by atoms with Gasteiger partial charge in [-0.1, -0.05) is 29.8 Å². The number of aromatic nitrogens is 1. The van der Waals surface area contributed by atoms with E-state index in [1.165, 1.54) is 12.1 Å². The molecule has 1 aliphatic rings. The summed E-state index contributed by atoms with van der Waals surface area (Å²) in [5.41, 5.74) is 2.53. The van der Waals surface area contributed by atoms with E-state index < -0.39 is 0 Å². The Bertz CT molecular complexity index is 1050. The third-order valence-electron chi connectivity index (χ3n) is 5.76. The minimum Gasteiger partial charge on any atom is -0.347 e. The van der Waals surface area contributed by atoms with Crippen LogP contribution in [-0.4, -0.2) is 28.9 Å². The molecule has 0 unspecified atom stereocenters. The van der Waals surface area contributed by atoms with Crippen molar-refractivity contribution in [2.45, 2.75) is 38.8 Å². The van der Waals surface area contributed by atoms with E-state index in [2.05, 4.69) is 15.2 Å². The number of benzene rings is 2. The average Bonchev–Trinajstić information content (AvgIpc) is 3.25. The first-order chi connectivity index (χ1) is 15.0. The van der Waals surface area contributed by atoms with Gasteiger partial charge in [0.25, 0.3) is 5.91 Å². The summed E-state index contributed by atoms with van der Waals surface area (Å²) in [6.45, 7) is 5.17. The van der Waals surface area contributed by atoms with Gasteiger partial charge in [-0.15, -0.1) is 11.3 Å². The Morgan fingerprint density at radius 2 is 1.97 bits per heavy atom. The topological polar surface area (TPSA) is 45.2 Å². The normalized spacial score (nSPS) is 15.2. The van der Waals surface area contributed by atoms with Crippen LogP contribution < -0.4 is 5.32 Å². The van der Waals surface area contributed by atoms with Crippen LogP contribution in [-0.2, 0) is 13.1 Å². The fraction of sp³-hybridized carbons (Fsp3) is 0.333. The summed E-state index contributed by atoms with van der Waals surface area (Å²) < 4.78 is 13.1. The molecule has 1 saturated heterocycles. The molecular formula is C24H25ClFN3OS. The highest BCUT2D eigenvalue weighted by atomic mass is 35.5. The summed E-state index contributed by atoms with van der Waals surface area (Å²) in [4.78, 5) is 20.6. The molecule has 0 spiro atoms. The zero-order valence-electron chi connectivity index (χ0n) is 17.4. The Morgan fingerprint density at radius 3 is 2.71 bits per heavy atom. The van der Waals surface area contributed by atoms with Gasteiger partial charge in [0.2, 0.25) is 0 Å². The van der Waals surface area contributed by atoms with E-state index in [9.17, 15) is 9.18 Å². The molecule has 1 aliphatic heterocycles. The second-order valence-corrected chi connectivity index (χ2v) is 9.49. The van der Waals surface area contributed by atoms with Gasteiger partial charge in [0.15, 0.2) is 0 Å². The van der Waals surface area contributed by atoms with Crippen LogP contribution in [0.15, 0.2) is 48.7 Å². The molecule has 3 aromatic rings. The van der Waals surface area contributed by atoms with Gasteiger partial charge in [-0.3, -0.25) is 9.69 Å². The Labute approximate surface area is 191 Å². The van der Waals surface area contributed by atoms with Crippen molar-refractivity contribution < 1.29 is 9.18 Å². The summed E-state index contributed by atoms with van der Waals surface area (Å²) >= 11 is 7.80. The second kappa shape index (κ2) is 9.90. The highest BCUT2D eigenvalue weighted by Gasteiger charge is 2.23. The molecule has 0 saturated carbocycles. The lowest BCUT2D eigenvalue weighted by Gasteiger charge is -2.31. The fourth-order valence-electron chi connectivity index (χ4n) is 3.90. The summed E-state index contributed by atoms with van der Waals surface area (Å²) in [5.74, 6) is 0.138. The lowest BCUT2D eigenvalue weighted by molar-refractivity contribution is 0.0950. The molecule has 1 aromatic heterocycles. The number of rotatable bonds is 6. The molecule has 1 N–H and O–H groups in total. The first kappa shape index (κ1) is 21.9. The van der Waals surface area contributed by atoms with E-state index in [0.29, 0.717) is 23.0 Å². The van der Waals surface area contributed by atoms with Gasteiger partial charge in [0, 0.05) is 34.1 Å². The number of amides is 1. The predicted molar refractivity (Wildman–Crippen MR) is 123 cm³/mol. The van der Waals surface area contributed by atoms with E-state index in [4.69, 9.17) is 11.6 Å². The predicted octanol–water partition coefficient (Wildman–Crippen LogP) is 5.55. The molecule has 0 radical (unpaired) electrons. The van der Waals surface area contributed by atoms with Crippen molar-refractivity contribution >= 4 is 28.8 Å². The first-order valence-corrected chi connectivity index (χ1v) is 11.6. The van der Waals surface area contributed by atoms with Crippen LogP contribution in [0.3, 0.4) is 0 Å².